The topological polar surface area (TPSA) is 122 Å². The average molecular weight is 544 g/mol. The van der Waals surface area contributed by atoms with E-state index in [1.807, 2.05) is 19.9 Å². The number of ether oxygens (including phenoxy) is 1. The predicted octanol–water partition coefficient (Wildman–Crippen LogP) is 3.69. The molecule has 0 atom stereocenters. The van der Waals surface area contributed by atoms with E-state index in [0.29, 0.717) is 30.2 Å². The van der Waals surface area contributed by atoms with E-state index in [-0.39, 0.29) is 28.4 Å². The van der Waals surface area contributed by atoms with Crippen LogP contribution in [0.15, 0.2) is 70.5 Å². The maximum Gasteiger partial charge on any atom is 0.262 e. The van der Waals surface area contributed by atoms with Crippen LogP contribution in [0, 0.1) is 20.8 Å². The van der Waals surface area contributed by atoms with Crippen LogP contribution < -0.4 is 10.0 Å². The van der Waals surface area contributed by atoms with E-state index >= 15 is 0 Å². The van der Waals surface area contributed by atoms with Gasteiger partial charge in [0.15, 0.2) is 0 Å². The molecule has 0 saturated carbocycles. The van der Waals surface area contributed by atoms with Crippen LogP contribution in [0.25, 0.3) is 0 Å². The number of rotatable bonds is 7. The van der Waals surface area contributed by atoms with E-state index in [9.17, 15) is 21.6 Å². The number of hydrogen-bond donors (Lipinski definition) is 2. The van der Waals surface area contributed by atoms with Gasteiger partial charge in [0.05, 0.1) is 23.0 Å². The number of amides is 1. The first kappa shape index (κ1) is 26.8. The third-order valence-electron chi connectivity index (χ3n) is 5.93. The van der Waals surface area contributed by atoms with Crippen LogP contribution in [0.1, 0.15) is 27.0 Å². The first-order valence-electron chi connectivity index (χ1n) is 11.7. The molecule has 11 heteroatoms. The van der Waals surface area contributed by atoms with Gasteiger partial charge >= 0.3 is 0 Å². The molecule has 0 unspecified atom stereocenters. The van der Waals surface area contributed by atoms with Crippen molar-refractivity contribution in [2.75, 3.05) is 36.3 Å². The fourth-order valence-electron chi connectivity index (χ4n) is 4.12. The number of hydrogen-bond acceptors (Lipinski definition) is 6. The fraction of sp³-hybridized carbons (Fsp3) is 0.269. The number of nitrogens with zero attached hydrogens (tertiary/aromatic N) is 1. The monoisotopic (exact) mass is 543 g/mol. The number of carbonyl (C=O) groups is 1. The average Bonchev–Trinajstić information content (AvgIpc) is 2.84. The van der Waals surface area contributed by atoms with Gasteiger partial charge in [-0.3, -0.25) is 9.52 Å². The summed E-state index contributed by atoms with van der Waals surface area (Å²) in [6, 6.07) is 15.7. The molecule has 37 heavy (non-hydrogen) atoms. The second-order valence-corrected chi connectivity index (χ2v) is 12.5. The summed E-state index contributed by atoms with van der Waals surface area (Å²) in [5.41, 5.74) is 3.31. The van der Waals surface area contributed by atoms with Crippen LogP contribution in [0.4, 0.5) is 11.4 Å². The minimum atomic E-state index is -3.95. The van der Waals surface area contributed by atoms with Crippen LogP contribution >= 0.6 is 0 Å². The lowest BCUT2D eigenvalue weighted by atomic mass is 10.1. The highest BCUT2D eigenvalue weighted by molar-refractivity contribution is 7.92. The summed E-state index contributed by atoms with van der Waals surface area (Å²) in [4.78, 5) is 13.0. The van der Waals surface area contributed by atoms with E-state index in [1.54, 1.807) is 25.1 Å². The van der Waals surface area contributed by atoms with Gasteiger partial charge in [-0.05, 0) is 86.0 Å². The summed E-state index contributed by atoms with van der Waals surface area (Å²) in [7, 11) is -7.60. The largest absolute Gasteiger partial charge is 0.379 e. The number of sulfonamides is 2. The fourth-order valence-corrected chi connectivity index (χ4v) is 6.84. The van der Waals surface area contributed by atoms with Crippen LogP contribution in [0.5, 0.6) is 0 Å². The Hall–Kier alpha value is -3.25. The Morgan fingerprint density at radius 3 is 2.05 bits per heavy atom. The number of carbonyl (C=O) groups excluding carboxylic acids is 1. The van der Waals surface area contributed by atoms with Gasteiger partial charge in [0.2, 0.25) is 10.0 Å². The SMILES string of the molecule is Cc1cc(C)cc(NS(=O)(=O)c2cc(C(=O)Nc3ccc(S(=O)(=O)N4CCOCC4)cc3)ccc2C)c1. The van der Waals surface area contributed by atoms with Crippen molar-refractivity contribution in [2.45, 2.75) is 30.6 Å². The van der Waals surface area contributed by atoms with Crippen LogP contribution in [0.2, 0.25) is 0 Å². The minimum Gasteiger partial charge on any atom is -0.379 e. The summed E-state index contributed by atoms with van der Waals surface area (Å²) >= 11 is 0. The smallest absolute Gasteiger partial charge is 0.262 e. The normalized spacial score (nSPS) is 14.8. The molecule has 1 heterocycles. The van der Waals surface area contributed by atoms with Crippen molar-refractivity contribution in [3.05, 3.63) is 82.9 Å². The zero-order chi connectivity index (χ0) is 26.8. The molecule has 1 saturated heterocycles. The molecule has 0 bridgehead atoms. The number of morpholine rings is 1. The lowest BCUT2D eigenvalue weighted by Crippen LogP contribution is -2.40. The van der Waals surface area contributed by atoms with E-state index in [0.717, 1.165) is 11.1 Å². The number of anilines is 2. The molecule has 3 aromatic rings. The molecule has 4 rings (SSSR count). The third kappa shape index (κ3) is 6.19. The highest BCUT2D eigenvalue weighted by Gasteiger charge is 2.26. The van der Waals surface area contributed by atoms with E-state index < -0.39 is 26.0 Å². The molecule has 2 N–H and O–H groups in total. The Labute approximate surface area is 217 Å². The van der Waals surface area contributed by atoms with Crippen molar-refractivity contribution in [3.8, 4) is 0 Å². The molecule has 1 fully saturated rings. The highest BCUT2D eigenvalue weighted by atomic mass is 32.2. The van der Waals surface area contributed by atoms with Crippen LogP contribution in [0.3, 0.4) is 0 Å². The van der Waals surface area contributed by atoms with Crippen LogP contribution in [-0.4, -0.2) is 53.4 Å². The zero-order valence-corrected chi connectivity index (χ0v) is 22.4. The molecule has 1 aliphatic rings. The molecule has 0 spiro atoms. The molecule has 0 radical (unpaired) electrons. The maximum absolute atomic E-state index is 13.1. The molecule has 0 aromatic heterocycles. The second-order valence-electron chi connectivity index (χ2n) is 8.96. The van der Waals surface area contributed by atoms with Crippen molar-refractivity contribution in [1.29, 1.82) is 0 Å². The van der Waals surface area contributed by atoms with Crippen LogP contribution in [-0.2, 0) is 24.8 Å². The number of aryl methyl sites for hydroxylation is 3. The van der Waals surface area contributed by atoms with Gasteiger partial charge in [-0.15, -0.1) is 0 Å². The molecule has 3 aromatic carbocycles. The lowest BCUT2D eigenvalue weighted by Gasteiger charge is -2.26. The third-order valence-corrected chi connectivity index (χ3v) is 9.37. The molecule has 9 nitrogen and oxygen atoms in total. The van der Waals surface area contributed by atoms with Gasteiger partial charge in [-0.1, -0.05) is 12.1 Å². The second kappa shape index (κ2) is 10.6. The van der Waals surface area contributed by atoms with Gasteiger partial charge in [0.25, 0.3) is 15.9 Å². The van der Waals surface area contributed by atoms with Crippen molar-refractivity contribution >= 4 is 37.3 Å². The highest BCUT2D eigenvalue weighted by Crippen LogP contribution is 2.24. The Morgan fingerprint density at radius 1 is 0.811 bits per heavy atom. The quantitative estimate of drug-likeness (QED) is 0.469. The van der Waals surface area contributed by atoms with Crippen molar-refractivity contribution in [3.63, 3.8) is 0 Å². The van der Waals surface area contributed by atoms with Gasteiger partial charge < -0.3 is 10.1 Å². The van der Waals surface area contributed by atoms with E-state index in [4.69, 9.17) is 4.74 Å². The van der Waals surface area contributed by atoms with E-state index in [1.165, 1.54) is 40.7 Å². The Bertz CT molecular complexity index is 1510. The molecular weight excluding hydrogens is 514 g/mol. The van der Waals surface area contributed by atoms with Gasteiger partial charge in [0.1, 0.15) is 0 Å². The Morgan fingerprint density at radius 2 is 1.43 bits per heavy atom. The van der Waals surface area contributed by atoms with Gasteiger partial charge in [-0.25, -0.2) is 16.8 Å². The standard InChI is InChI=1S/C26H29N3O6S2/c1-18-14-19(2)16-23(15-18)28-36(31,32)25-17-21(5-4-20(25)3)26(30)27-22-6-8-24(9-7-22)37(33,34)29-10-12-35-13-11-29/h4-9,14-17,28H,10-13H2,1-3H3,(H,27,30). The molecular formula is C26H29N3O6S2. The summed E-state index contributed by atoms with van der Waals surface area (Å²) in [6.07, 6.45) is 0. The van der Waals surface area contributed by atoms with Crippen molar-refractivity contribution in [2.24, 2.45) is 0 Å². The summed E-state index contributed by atoms with van der Waals surface area (Å²) in [6.45, 7) is 6.70. The maximum atomic E-state index is 13.1. The van der Waals surface area contributed by atoms with Crippen molar-refractivity contribution in [1.82, 2.24) is 4.31 Å². The summed E-state index contributed by atoms with van der Waals surface area (Å²) in [5, 5.41) is 2.70. The lowest BCUT2D eigenvalue weighted by molar-refractivity contribution is 0.0730. The molecule has 1 aliphatic heterocycles. The summed E-state index contributed by atoms with van der Waals surface area (Å²) < 4.78 is 61.0. The first-order chi connectivity index (χ1) is 17.5. The van der Waals surface area contributed by atoms with Gasteiger partial charge in [-0.2, -0.15) is 4.31 Å². The zero-order valence-electron chi connectivity index (χ0n) is 20.8. The first-order valence-corrected chi connectivity index (χ1v) is 14.6. The van der Waals surface area contributed by atoms with Gasteiger partial charge in [0, 0.05) is 30.0 Å². The Balaban J connectivity index is 1.51. The molecule has 1 amide bonds. The summed E-state index contributed by atoms with van der Waals surface area (Å²) in [5.74, 6) is -0.522. The molecule has 196 valence electrons. The Kier molecular flexibility index (Phi) is 7.69. The number of nitrogens with one attached hydrogen (secondary N) is 2. The van der Waals surface area contributed by atoms with E-state index in [2.05, 4.69) is 10.0 Å². The van der Waals surface area contributed by atoms with Crippen molar-refractivity contribution < 1.29 is 26.4 Å². The molecule has 0 aliphatic carbocycles. The predicted molar refractivity (Wildman–Crippen MR) is 142 cm³/mol. The minimum absolute atomic E-state index is 0.00809. The number of benzene rings is 3.